The van der Waals surface area contributed by atoms with Gasteiger partial charge in [-0.1, -0.05) is 19.9 Å². The molecular weight excluding hydrogens is 276 g/mol. The van der Waals surface area contributed by atoms with Gasteiger partial charge in [-0.25, -0.2) is 0 Å². The first-order valence-electron chi connectivity index (χ1n) is 6.81. The molecule has 0 aliphatic heterocycles. The standard InChI is InChI=1S/C14H22N2O3S/c1-4-15(5-2)8-9-20-14-7-6-12(11(3)17)10-13(14)16(18)19/h6-7,10-11,17H,4-5,8-9H2,1-3H3/t11-/m0/s1. The number of aliphatic hydroxyl groups excluding tert-OH is 1. The highest BCUT2D eigenvalue weighted by Gasteiger charge is 2.16. The molecule has 0 heterocycles. The summed E-state index contributed by atoms with van der Waals surface area (Å²) >= 11 is 1.49. The van der Waals surface area contributed by atoms with Crippen LogP contribution in [0.1, 0.15) is 32.4 Å². The van der Waals surface area contributed by atoms with E-state index < -0.39 is 6.10 Å². The molecule has 0 aromatic heterocycles. The Hall–Kier alpha value is -1.11. The summed E-state index contributed by atoms with van der Waals surface area (Å²) in [6, 6.07) is 4.94. The quantitative estimate of drug-likeness (QED) is 0.454. The van der Waals surface area contributed by atoms with Crippen LogP contribution in [0.2, 0.25) is 0 Å². The molecule has 1 atom stereocenters. The molecule has 1 rings (SSSR count). The maximum Gasteiger partial charge on any atom is 0.283 e. The Balaban J connectivity index is 2.76. The van der Waals surface area contributed by atoms with E-state index in [1.807, 2.05) is 0 Å². The van der Waals surface area contributed by atoms with Crippen molar-refractivity contribution in [3.8, 4) is 0 Å². The molecule has 0 fully saturated rings. The zero-order valence-electron chi connectivity index (χ0n) is 12.2. The van der Waals surface area contributed by atoms with Gasteiger partial charge < -0.3 is 10.0 Å². The fraction of sp³-hybridized carbons (Fsp3) is 0.571. The fourth-order valence-corrected chi connectivity index (χ4v) is 2.90. The molecule has 1 N–H and O–H groups in total. The first kappa shape index (κ1) is 16.9. The molecule has 0 bridgehead atoms. The summed E-state index contributed by atoms with van der Waals surface area (Å²) in [7, 11) is 0. The summed E-state index contributed by atoms with van der Waals surface area (Å²) in [5, 5.41) is 20.6. The van der Waals surface area contributed by atoms with E-state index >= 15 is 0 Å². The second-order valence-electron chi connectivity index (χ2n) is 4.54. The summed E-state index contributed by atoms with van der Waals surface area (Å²) in [6.07, 6.45) is -0.691. The van der Waals surface area contributed by atoms with Crippen LogP contribution in [0, 0.1) is 10.1 Å². The third kappa shape index (κ3) is 4.77. The molecule has 0 saturated heterocycles. The topological polar surface area (TPSA) is 66.6 Å². The van der Waals surface area contributed by atoms with Gasteiger partial charge in [0.15, 0.2) is 0 Å². The number of aliphatic hydroxyl groups is 1. The molecule has 6 heteroatoms. The van der Waals surface area contributed by atoms with Gasteiger partial charge in [-0.05, 0) is 31.6 Å². The zero-order valence-corrected chi connectivity index (χ0v) is 13.0. The Bertz CT molecular complexity index is 448. The lowest BCUT2D eigenvalue weighted by Crippen LogP contribution is -2.25. The predicted octanol–water partition coefficient (Wildman–Crippen LogP) is 3.08. The van der Waals surface area contributed by atoms with Gasteiger partial charge >= 0.3 is 0 Å². The Kier molecular flexibility index (Phi) is 6.98. The molecule has 0 saturated carbocycles. The van der Waals surface area contributed by atoms with Crippen LogP contribution >= 0.6 is 11.8 Å². The summed E-state index contributed by atoms with van der Waals surface area (Å²) in [5.74, 6) is 0.816. The van der Waals surface area contributed by atoms with Gasteiger partial charge in [-0.2, -0.15) is 0 Å². The number of hydrogen-bond donors (Lipinski definition) is 1. The molecule has 20 heavy (non-hydrogen) atoms. The smallest absolute Gasteiger partial charge is 0.283 e. The number of rotatable bonds is 8. The van der Waals surface area contributed by atoms with Gasteiger partial charge in [0.2, 0.25) is 0 Å². The van der Waals surface area contributed by atoms with Gasteiger partial charge in [0.25, 0.3) is 5.69 Å². The van der Waals surface area contributed by atoms with E-state index in [0.717, 1.165) is 25.4 Å². The zero-order chi connectivity index (χ0) is 15.1. The number of nitrogens with zero attached hydrogens (tertiary/aromatic N) is 2. The van der Waals surface area contributed by atoms with Gasteiger partial charge in [0.1, 0.15) is 0 Å². The molecule has 0 unspecified atom stereocenters. The molecule has 1 aromatic rings. The molecule has 0 amide bonds. The molecular formula is C14H22N2O3S. The molecule has 0 radical (unpaired) electrons. The van der Waals surface area contributed by atoms with Crippen molar-refractivity contribution in [1.82, 2.24) is 4.90 Å². The number of nitro groups is 1. The van der Waals surface area contributed by atoms with Gasteiger partial charge in [-0.15, -0.1) is 11.8 Å². The van der Waals surface area contributed by atoms with Crippen molar-refractivity contribution in [3.05, 3.63) is 33.9 Å². The fourth-order valence-electron chi connectivity index (χ4n) is 1.88. The van der Waals surface area contributed by atoms with Crippen molar-refractivity contribution >= 4 is 17.4 Å². The van der Waals surface area contributed by atoms with Crippen LogP contribution < -0.4 is 0 Å². The van der Waals surface area contributed by atoms with Crippen LogP contribution in [0.5, 0.6) is 0 Å². The Morgan fingerprint density at radius 1 is 1.40 bits per heavy atom. The first-order chi connectivity index (χ1) is 9.49. The van der Waals surface area contributed by atoms with Crippen molar-refractivity contribution in [2.75, 3.05) is 25.4 Å². The van der Waals surface area contributed by atoms with Gasteiger partial charge in [0.05, 0.1) is 15.9 Å². The van der Waals surface area contributed by atoms with Gasteiger partial charge in [-0.3, -0.25) is 10.1 Å². The van der Waals surface area contributed by atoms with E-state index in [1.54, 1.807) is 19.1 Å². The monoisotopic (exact) mass is 298 g/mol. The van der Waals surface area contributed by atoms with E-state index in [-0.39, 0.29) is 10.6 Å². The Morgan fingerprint density at radius 2 is 2.05 bits per heavy atom. The lowest BCUT2D eigenvalue weighted by atomic mass is 10.1. The maximum atomic E-state index is 11.1. The Labute approximate surface area is 124 Å². The SMILES string of the molecule is CCN(CC)CCSc1ccc([C@H](C)O)cc1[N+](=O)[O-]. The first-order valence-corrected chi connectivity index (χ1v) is 7.79. The number of thioether (sulfide) groups is 1. The minimum atomic E-state index is -0.691. The highest BCUT2D eigenvalue weighted by atomic mass is 32.2. The third-order valence-corrected chi connectivity index (χ3v) is 4.26. The number of nitro benzene ring substituents is 1. The summed E-state index contributed by atoms with van der Waals surface area (Å²) in [6.45, 7) is 8.70. The lowest BCUT2D eigenvalue weighted by Gasteiger charge is -2.17. The van der Waals surface area contributed by atoms with Crippen LogP contribution in [0.15, 0.2) is 23.1 Å². The van der Waals surface area contributed by atoms with E-state index in [1.165, 1.54) is 17.8 Å². The van der Waals surface area contributed by atoms with Gasteiger partial charge in [0, 0.05) is 18.4 Å². The van der Waals surface area contributed by atoms with E-state index in [9.17, 15) is 15.2 Å². The van der Waals surface area contributed by atoms with Crippen molar-refractivity contribution in [3.63, 3.8) is 0 Å². The minimum absolute atomic E-state index is 0.0768. The van der Waals surface area contributed by atoms with Crippen molar-refractivity contribution in [2.45, 2.75) is 31.8 Å². The highest BCUT2D eigenvalue weighted by molar-refractivity contribution is 7.99. The Morgan fingerprint density at radius 3 is 2.55 bits per heavy atom. The third-order valence-electron chi connectivity index (χ3n) is 3.22. The minimum Gasteiger partial charge on any atom is -0.389 e. The van der Waals surface area contributed by atoms with E-state index in [4.69, 9.17) is 0 Å². The van der Waals surface area contributed by atoms with Crippen LogP contribution in [-0.4, -0.2) is 40.3 Å². The molecule has 1 aromatic carbocycles. The summed E-state index contributed by atoms with van der Waals surface area (Å²) < 4.78 is 0. The second-order valence-corrected chi connectivity index (χ2v) is 5.67. The largest absolute Gasteiger partial charge is 0.389 e. The molecule has 112 valence electrons. The summed E-state index contributed by atoms with van der Waals surface area (Å²) in [4.78, 5) is 13.7. The number of hydrogen-bond acceptors (Lipinski definition) is 5. The molecule has 5 nitrogen and oxygen atoms in total. The molecule has 0 aliphatic rings. The predicted molar refractivity (Wildman–Crippen MR) is 82.2 cm³/mol. The van der Waals surface area contributed by atoms with Crippen LogP contribution in [0.4, 0.5) is 5.69 Å². The van der Waals surface area contributed by atoms with E-state index in [2.05, 4.69) is 18.7 Å². The average molecular weight is 298 g/mol. The molecule has 0 aliphatic carbocycles. The van der Waals surface area contributed by atoms with Crippen LogP contribution in [0.3, 0.4) is 0 Å². The van der Waals surface area contributed by atoms with Crippen molar-refractivity contribution < 1.29 is 10.0 Å². The summed E-state index contributed by atoms with van der Waals surface area (Å²) in [5.41, 5.74) is 0.651. The van der Waals surface area contributed by atoms with Crippen molar-refractivity contribution in [2.24, 2.45) is 0 Å². The number of benzene rings is 1. The van der Waals surface area contributed by atoms with Crippen LogP contribution in [0.25, 0.3) is 0 Å². The highest BCUT2D eigenvalue weighted by Crippen LogP contribution is 2.31. The van der Waals surface area contributed by atoms with Crippen molar-refractivity contribution in [1.29, 1.82) is 0 Å². The van der Waals surface area contributed by atoms with E-state index in [0.29, 0.717) is 10.5 Å². The van der Waals surface area contributed by atoms with Crippen LogP contribution in [-0.2, 0) is 0 Å². The molecule has 0 spiro atoms. The maximum absolute atomic E-state index is 11.1. The normalized spacial score (nSPS) is 12.7. The second kappa shape index (κ2) is 8.24. The average Bonchev–Trinajstić information content (AvgIpc) is 2.43. The lowest BCUT2D eigenvalue weighted by molar-refractivity contribution is -0.387.